The van der Waals surface area contributed by atoms with Crippen molar-refractivity contribution in [2.24, 2.45) is 0 Å². The molecule has 0 aliphatic rings. The lowest BCUT2D eigenvalue weighted by Crippen LogP contribution is -2.12. The van der Waals surface area contributed by atoms with E-state index in [-0.39, 0.29) is 0 Å². The van der Waals surface area contributed by atoms with Gasteiger partial charge < -0.3 is 15.8 Å². The number of nitrogens with one attached hydrogen (secondary N) is 1. The molecule has 2 rings (SSSR count). The minimum absolute atomic E-state index is 0.297. The number of nitrogens with two attached hydrogens (primary N) is 1. The average Bonchev–Trinajstić information content (AvgIpc) is 2.46. The van der Waals surface area contributed by atoms with Gasteiger partial charge in [-0.1, -0.05) is 0 Å². The zero-order valence-electron chi connectivity index (χ0n) is 10.8. The average molecular weight is 271 g/mol. The highest BCUT2D eigenvalue weighted by Crippen LogP contribution is 2.15. The maximum absolute atomic E-state index is 13.6. The molecule has 2 aromatic carbocycles. The molecule has 0 saturated heterocycles. The summed E-state index contributed by atoms with van der Waals surface area (Å²) in [5, 5.41) is 11.6. The van der Waals surface area contributed by atoms with Crippen LogP contribution in [0.5, 0.6) is 5.75 Å². The molecule has 0 heterocycles. The number of nitriles is 1. The van der Waals surface area contributed by atoms with Crippen LogP contribution in [-0.4, -0.2) is 13.2 Å². The van der Waals surface area contributed by atoms with Crippen LogP contribution < -0.4 is 15.8 Å². The van der Waals surface area contributed by atoms with E-state index in [1.165, 1.54) is 12.1 Å². The lowest BCUT2D eigenvalue weighted by molar-refractivity contribution is 0.333. The topological polar surface area (TPSA) is 71.1 Å². The van der Waals surface area contributed by atoms with Crippen molar-refractivity contribution in [3.05, 3.63) is 53.8 Å². The Balaban J connectivity index is 1.81. The van der Waals surface area contributed by atoms with Gasteiger partial charge in [0, 0.05) is 12.2 Å². The van der Waals surface area contributed by atoms with E-state index in [2.05, 4.69) is 5.32 Å². The van der Waals surface area contributed by atoms with Crippen LogP contribution in [-0.2, 0) is 0 Å². The first kappa shape index (κ1) is 13.7. The van der Waals surface area contributed by atoms with E-state index < -0.39 is 5.82 Å². The fourth-order valence-corrected chi connectivity index (χ4v) is 1.65. The van der Waals surface area contributed by atoms with Crippen molar-refractivity contribution in [3.63, 3.8) is 0 Å². The van der Waals surface area contributed by atoms with Gasteiger partial charge in [0.15, 0.2) is 0 Å². The van der Waals surface area contributed by atoms with Crippen LogP contribution >= 0.6 is 0 Å². The van der Waals surface area contributed by atoms with Crippen molar-refractivity contribution in [2.75, 3.05) is 24.2 Å². The largest absolute Gasteiger partial charge is 0.492 e. The second kappa shape index (κ2) is 6.43. The minimum atomic E-state index is -0.448. The fraction of sp³-hybridized carbons (Fsp3) is 0.133. The number of nitrogen functional groups attached to an aromatic ring is 1. The van der Waals surface area contributed by atoms with E-state index in [1.54, 1.807) is 30.3 Å². The van der Waals surface area contributed by atoms with Gasteiger partial charge in [0.2, 0.25) is 0 Å². The molecule has 4 nitrogen and oxygen atoms in total. The van der Waals surface area contributed by atoms with Crippen LogP contribution in [0, 0.1) is 17.1 Å². The molecule has 0 aliphatic carbocycles. The van der Waals surface area contributed by atoms with Crippen LogP contribution in [0.25, 0.3) is 0 Å². The molecule has 0 amide bonds. The van der Waals surface area contributed by atoms with E-state index >= 15 is 0 Å². The Kier molecular flexibility index (Phi) is 4.40. The first-order valence-electron chi connectivity index (χ1n) is 6.11. The molecule has 0 spiro atoms. The fourth-order valence-electron chi connectivity index (χ4n) is 1.65. The van der Waals surface area contributed by atoms with Crippen molar-refractivity contribution in [1.82, 2.24) is 0 Å². The van der Waals surface area contributed by atoms with Crippen LogP contribution in [0.1, 0.15) is 5.56 Å². The van der Waals surface area contributed by atoms with E-state index in [9.17, 15) is 4.39 Å². The summed E-state index contributed by atoms with van der Waals surface area (Å²) in [6.07, 6.45) is 0. The van der Waals surface area contributed by atoms with Gasteiger partial charge in [-0.05, 0) is 42.5 Å². The van der Waals surface area contributed by atoms with Crippen LogP contribution in [0.2, 0.25) is 0 Å². The third-order valence-corrected chi connectivity index (χ3v) is 2.66. The highest BCUT2D eigenvalue weighted by atomic mass is 19.1. The molecule has 0 unspecified atom stereocenters. The number of halogens is 1. The molecular weight excluding hydrogens is 257 g/mol. The monoisotopic (exact) mass is 271 g/mol. The molecule has 0 aliphatic heterocycles. The minimum Gasteiger partial charge on any atom is -0.492 e. The number of hydrogen-bond acceptors (Lipinski definition) is 4. The summed E-state index contributed by atoms with van der Waals surface area (Å²) in [6, 6.07) is 13.2. The third kappa shape index (κ3) is 3.62. The highest BCUT2D eigenvalue weighted by Gasteiger charge is 2.02. The van der Waals surface area contributed by atoms with Crippen molar-refractivity contribution in [3.8, 4) is 11.8 Å². The number of anilines is 2. The van der Waals surface area contributed by atoms with E-state index in [0.29, 0.717) is 35.8 Å². The Morgan fingerprint density at radius 2 is 1.95 bits per heavy atom. The standard InChI is InChI=1S/C15H14FN3O/c16-14-9-11(10-17)1-6-15(14)19-7-8-20-13-4-2-12(18)3-5-13/h1-6,9,19H,7-8,18H2. The molecule has 0 radical (unpaired) electrons. The lowest BCUT2D eigenvalue weighted by Gasteiger charge is -2.09. The van der Waals surface area contributed by atoms with E-state index in [4.69, 9.17) is 15.7 Å². The predicted molar refractivity (Wildman–Crippen MR) is 76.0 cm³/mol. The van der Waals surface area contributed by atoms with Gasteiger partial charge in [-0.15, -0.1) is 0 Å². The summed E-state index contributed by atoms with van der Waals surface area (Å²) in [6.45, 7) is 0.844. The molecule has 3 N–H and O–H groups in total. The van der Waals surface area contributed by atoms with Crippen molar-refractivity contribution in [2.45, 2.75) is 0 Å². The summed E-state index contributed by atoms with van der Waals surface area (Å²) in [5.41, 5.74) is 6.89. The summed E-state index contributed by atoms with van der Waals surface area (Å²) in [5.74, 6) is 0.262. The molecule has 5 heteroatoms. The Hall–Kier alpha value is -2.74. The zero-order chi connectivity index (χ0) is 14.4. The number of benzene rings is 2. The summed E-state index contributed by atoms with van der Waals surface area (Å²) >= 11 is 0. The zero-order valence-corrected chi connectivity index (χ0v) is 10.8. The summed E-state index contributed by atoms with van der Waals surface area (Å²) < 4.78 is 19.0. The smallest absolute Gasteiger partial charge is 0.147 e. The first-order chi connectivity index (χ1) is 9.69. The molecule has 0 saturated carbocycles. The van der Waals surface area contributed by atoms with Crippen LogP contribution in [0.3, 0.4) is 0 Å². The lowest BCUT2D eigenvalue weighted by atomic mass is 10.2. The van der Waals surface area contributed by atoms with E-state index in [0.717, 1.165) is 0 Å². The SMILES string of the molecule is N#Cc1ccc(NCCOc2ccc(N)cc2)c(F)c1. The number of hydrogen-bond donors (Lipinski definition) is 2. The summed E-state index contributed by atoms with van der Waals surface area (Å²) in [7, 11) is 0. The Labute approximate surface area is 116 Å². The second-order valence-electron chi connectivity index (χ2n) is 4.15. The maximum Gasteiger partial charge on any atom is 0.147 e. The molecule has 102 valence electrons. The van der Waals surface area contributed by atoms with Gasteiger partial charge >= 0.3 is 0 Å². The van der Waals surface area contributed by atoms with Gasteiger partial charge in [-0.25, -0.2) is 4.39 Å². The number of ether oxygens (including phenoxy) is 1. The van der Waals surface area contributed by atoms with Crippen LogP contribution in [0.15, 0.2) is 42.5 Å². The molecule has 20 heavy (non-hydrogen) atoms. The Bertz CT molecular complexity index is 620. The molecule has 0 fully saturated rings. The van der Waals surface area contributed by atoms with Gasteiger partial charge in [-0.2, -0.15) is 5.26 Å². The molecule has 0 atom stereocenters. The Morgan fingerprint density at radius 1 is 1.20 bits per heavy atom. The maximum atomic E-state index is 13.6. The van der Waals surface area contributed by atoms with E-state index in [1.807, 2.05) is 6.07 Å². The second-order valence-corrected chi connectivity index (χ2v) is 4.15. The highest BCUT2D eigenvalue weighted by molar-refractivity contribution is 5.48. The quantitative estimate of drug-likeness (QED) is 0.648. The molecular formula is C15H14FN3O. The van der Waals surface area contributed by atoms with Crippen molar-refractivity contribution < 1.29 is 9.13 Å². The van der Waals surface area contributed by atoms with Gasteiger partial charge in [0.1, 0.15) is 18.2 Å². The van der Waals surface area contributed by atoms with Gasteiger partial charge in [0.05, 0.1) is 17.3 Å². The first-order valence-corrected chi connectivity index (χ1v) is 6.11. The third-order valence-electron chi connectivity index (χ3n) is 2.66. The van der Waals surface area contributed by atoms with Gasteiger partial charge in [-0.3, -0.25) is 0 Å². The molecule has 0 bridgehead atoms. The molecule has 0 aromatic heterocycles. The summed E-state index contributed by atoms with van der Waals surface area (Å²) in [4.78, 5) is 0. The van der Waals surface area contributed by atoms with Gasteiger partial charge in [0.25, 0.3) is 0 Å². The predicted octanol–water partition coefficient (Wildman–Crippen LogP) is 2.77. The van der Waals surface area contributed by atoms with Crippen LogP contribution in [0.4, 0.5) is 15.8 Å². The number of nitrogens with zero attached hydrogens (tertiary/aromatic N) is 1. The van der Waals surface area contributed by atoms with Crippen molar-refractivity contribution >= 4 is 11.4 Å². The molecule has 2 aromatic rings. The number of rotatable bonds is 5. The van der Waals surface area contributed by atoms with Crippen molar-refractivity contribution in [1.29, 1.82) is 5.26 Å². The normalized spacial score (nSPS) is 9.80. The Morgan fingerprint density at radius 3 is 2.60 bits per heavy atom.